The lowest BCUT2D eigenvalue weighted by Gasteiger charge is -2.23. The van der Waals surface area contributed by atoms with Crippen molar-refractivity contribution in [2.75, 3.05) is 52.9 Å². The van der Waals surface area contributed by atoms with Gasteiger partial charge in [-0.15, -0.1) is 0 Å². The summed E-state index contributed by atoms with van der Waals surface area (Å²) < 4.78 is 10.1. The number of hydrogen-bond acceptors (Lipinski definition) is 4. The van der Waals surface area contributed by atoms with Crippen LogP contribution >= 0.6 is 0 Å². The van der Waals surface area contributed by atoms with Gasteiger partial charge >= 0.3 is 0 Å². The molecule has 112 valence electrons. The van der Waals surface area contributed by atoms with E-state index in [1.54, 1.807) is 19.1 Å². The summed E-state index contributed by atoms with van der Waals surface area (Å²) in [6.45, 7) is 4.10. The lowest BCUT2D eigenvalue weighted by molar-refractivity contribution is 0.0626. The molecule has 0 bridgehead atoms. The van der Waals surface area contributed by atoms with E-state index in [0.717, 1.165) is 16.8 Å². The number of carbonyl (C=O) groups is 1. The van der Waals surface area contributed by atoms with Gasteiger partial charge in [-0.3, -0.25) is 4.79 Å². The molecule has 1 rings (SSSR count). The Labute approximate surface area is 120 Å². The lowest BCUT2D eigenvalue weighted by atomic mass is 10.1. The van der Waals surface area contributed by atoms with E-state index in [9.17, 15) is 4.79 Å². The summed E-state index contributed by atoms with van der Waals surface area (Å²) in [5.41, 5.74) is 2.68. The minimum atomic E-state index is 0.0132. The maximum Gasteiger partial charge on any atom is 0.254 e. The minimum Gasteiger partial charge on any atom is -0.388 e. The fraction of sp³-hybridized carbons (Fsp3) is 0.533. The van der Waals surface area contributed by atoms with Crippen molar-refractivity contribution < 1.29 is 14.3 Å². The highest BCUT2D eigenvalue weighted by Gasteiger charge is 2.17. The molecule has 0 saturated carbocycles. The number of anilines is 1. The monoisotopic (exact) mass is 280 g/mol. The smallest absolute Gasteiger partial charge is 0.254 e. The lowest BCUT2D eigenvalue weighted by Crippen LogP contribution is -2.36. The van der Waals surface area contributed by atoms with Crippen LogP contribution < -0.4 is 5.32 Å². The second-order valence-electron chi connectivity index (χ2n) is 4.56. The third-order valence-electron chi connectivity index (χ3n) is 3.16. The quantitative estimate of drug-likeness (QED) is 0.788. The van der Waals surface area contributed by atoms with Crippen LogP contribution in [0.1, 0.15) is 15.9 Å². The standard InChI is InChI=1S/C15H24N2O3/c1-12-11-13(16-2)5-6-14(12)15(18)17(7-9-19-3)8-10-20-4/h5-6,11,16H,7-10H2,1-4H3. The van der Waals surface area contributed by atoms with E-state index < -0.39 is 0 Å². The average molecular weight is 280 g/mol. The molecule has 0 aliphatic rings. The van der Waals surface area contributed by atoms with E-state index in [-0.39, 0.29) is 5.91 Å². The molecule has 5 heteroatoms. The highest BCUT2D eigenvalue weighted by atomic mass is 16.5. The molecule has 5 nitrogen and oxygen atoms in total. The van der Waals surface area contributed by atoms with Crippen LogP contribution in [0.2, 0.25) is 0 Å². The van der Waals surface area contributed by atoms with Gasteiger partial charge in [-0.2, -0.15) is 0 Å². The summed E-state index contributed by atoms with van der Waals surface area (Å²) in [6.07, 6.45) is 0. The molecule has 0 fully saturated rings. The summed E-state index contributed by atoms with van der Waals surface area (Å²) in [6, 6.07) is 5.74. The normalized spacial score (nSPS) is 10.4. The number of hydrogen-bond donors (Lipinski definition) is 1. The van der Waals surface area contributed by atoms with Crippen molar-refractivity contribution in [3.63, 3.8) is 0 Å². The Morgan fingerprint density at radius 3 is 2.25 bits per heavy atom. The van der Waals surface area contributed by atoms with Crippen LogP contribution in [-0.2, 0) is 9.47 Å². The maximum absolute atomic E-state index is 12.6. The first-order valence-electron chi connectivity index (χ1n) is 6.69. The molecular weight excluding hydrogens is 256 g/mol. The molecule has 1 aromatic rings. The molecule has 20 heavy (non-hydrogen) atoms. The van der Waals surface area contributed by atoms with Gasteiger partial charge < -0.3 is 19.7 Å². The van der Waals surface area contributed by atoms with E-state index in [2.05, 4.69) is 5.32 Å². The van der Waals surface area contributed by atoms with Crippen LogP contribution in [0, 0.1) is 6.92 Å². The average Bonchev–Trinajstić information content (AvgIpc) is 2.46. The Hall–Kier alpha value is -1.59. The first kappa shape index (κ1) is 16.5. The molecule has 0 aliphatic carbocycles. The molecule has 1 aromatic carbocycles. The van der Waals surface area contributed by atoms with Gasteiger partial charge in [0.25, 0.3) is 5.91 Å². The molecule has 0 atom stereocenters. The summed E-state index contributed by atoms with van der Waals surface area (Å²) in [5, 5.41) is 3.07. The van der Waals surface area contributed by atoms with Crippen molar-refractivity contribution in [3.05, 3.63) is 29.3 Å². The Kier molecular flexibility index (Phi) is 7.04. The first-order chi connectivity index (χ1) is 9.63. The maximum atomic E-state index is 12.6. The zero-order valence-electron chi connectivity index (χ0n) is 12.7. The van der Waals surface area contributed by atoms with E-state index in [4.69, 9.17) is 9.47 Å². The number of benzene rings is 1. The van der Waals surface area contributed by atoms with E-state index in [0.29, 0.717) is 26.3 Å². The fourth-order valence-corrected chi connectivity index (χ4v) is 1.95. The topological polar surface area (TPSA) is 50.8 Å². The second-order valence-corrected chi connectivity index (χ2v) is 4.56. The van der Waals surface area contributed by atoms with E-state index in [1.165, 1.54) is 0 Å². The summed E-state index contributed by atoms with van der Waals surface area (Å²) in [4.78, 5) is 14.3. The first-order valence-corrected chi connectivity index (χ1v) is 6.69. The molecule has 0 radical (unpaired) electrons. The highest BCUT2D eigenvalue weighted by molar-refractivity contribution is 5.96. The molecule has 0 spiro atoms. The number of aryl methyl sites for hydroxylation is 1. The molecule has 0 saturated heterocycles. The SMILES string of the molecule is CNc1ccc(C(=O)N(CCOC)CCOC)c(C)c1. The van der Waals surface area contributed by atoms with Crippen LogP contribution in [0.25, 0.3) is 0 Å². The van der Waals surface area contributed by atoms with Crippen LogP contribution in [0.15, 0.2) is 18.2 Å². The van der Waals surface area contributed by atoms with Gasteiger partial charge in [0.15, 0.2) is 0 Å². The molecule has 0 aliphatic heterocycles. The number of carbonyl (C=O) groups excluding carboxylic acids is 1. The van der Waals surface area contributed by atoms with E-state index >= 15 is 0 Å². The van der Waals surface area contributed by atoms with Crippen LogP contribution in [0.3, 0.4) is 0 Å². The van der Waals surface area contributed by atoms with Crippen molar-refractivity contribution in [3.8, 4) is 0 Å². The summed E-state index contributed by atoms with van der Waals surface area (Å²) >= 11 is 0. The molecule has 0 unspecified atom stereocenters. The van der Waals surface area contributed by atoms with Crippen molar-refractivity contribution in [2.45, 2.75) is 6.92 Å². The van der Waals surface area contributed by atoms with Gasteiger partial charge in [0, 0.05) is 45.6 Å². The molecule has 1 amide bonds. The van der Waals surface area contributed by atoms with Gasteiger partial charge in [-0.1, -0.05) is 0 Å². The van der Waals surface area contributed by atoms with Crippen molar-refractivity contribution in [1.82, 2.24) is 4.90 Å². The largest absolute Gasteiger partial charge is 0.388 e. The van der Waals surface area contributed by atoms with Gasteiger partial charge in [-0.25, -0.2) is 0 Å². The zero-order valence-corrected chi connectivity index (χ0v) is 12.7. The van der Waals surface area contributed by atoms with Gasteiger partial charge in [0.1, 0.15) is 0 Å². The zero-order chi connectivity index (χ0) is 15.0. The number of nitrogens with one attached hydrogen (secondary N) is 1. The Morgan fingerprint density at radius 2 is 1.80 bits per heavy atom. The number of rotatable bonds is 8. The number of ether oxygens (including phenoxy) is 2. The van der Waals surface area contributed by atoms with Crippen molar-refractivity contribution >= 4 is 11.6 Å². The Balaban J connectivity index is 2.86. The Morgan fingerprint density at radius 1 is 1.20 bits per heavy atom. The van der Waals surface area contributed by atoms with Crippen LogP contribution in [-0.4, -0.2) is 58.4 Å². The summed E-state index contributed by atoms with van der Waals surface area (Å²) in [5.74, 6) is 0.0132. The third kappa shape index (κ3) is 4.51. The second kappa shape index (κ2) is 8.55. The fourth-order valence-electron chi connectivity index (χ4n) is 1.95. The van der Waals surface area contributed by atoms with Crippen LogP contribution in [0.4, 0.5) is 5.69 Å². The van der Waals surface area contributed by atoms with Gasteiger partial charge in [0.2, 0.25) is 0 Å². The Bertz CT molecular complexity index is 427. The van der Waals surface area contributed by atoms with Crippen molar-refractivity contribution in [2.24, 2.45) is 0 Å². The highest BCUT2D eigenvalue weighted by Crippen LogP contribution is 2.16. The number of methoxy groups -OCH3 is 2. The third-order valence-corrected chi connectivity index (χ3v) is 3.16. The van der Waals surface area contributed by atoms with Crippen LogP contribution in [0.5, 0.6) is 0 Å². The summed E-state index contributed by atoms with van der Waals surface area (Å²) in [7, 11) is 5.12. The van der Waals surface area contributed by atoms with Gasteiger partial charge in [0.05, 0.1) is 13.2 Å². The molecular formula is C15H24N2O3. The van der Waals surface area contributed by atoms with E-state index in [1.807, 2.05) is 32.2 Å². The van der Waals surface area contributed by atoms with Gasteiger partial charge in [-0.05, 0) is 30.7 Å². The molecule has 1 N–H and O–H groups in total. The number of nitrogens with zero attached hydrogens (tertiary/aromatic N) is 1. The predicted octanol–water partition coefficient (Wildman–Crippen LogP) is 1.77. The predicted molar refractivity (Wildman–Crippen MR) is 80.4 cm³/mol. The molecule has 0 heterocycles. The van der Waals surface area contributed by atoms with Crippen molar-refractivity contribution in [1.29, 1.82) is 0 Å². The number of amides is 1. The molecule has 0 aromatic heterocycles. The minimum absolute atomic E-state index is 0.0132.